The van der Waals surface area contributed by atoms with Gasteiger partial charge in [-0.1, -0.05) is 122 Å². The van der Waals surface area contributed by atoms with E-state index in [4.69, 9.17) is 4.98 Å². The third-order valence-electron chi connectivity index (χ3n) is 12.3. The van der Waals surface area contributed by atoms with Crippen LogP contribution in [0, 0.1) is 5.92 Å². The summed E-state index contributed by atoms with van der Waals surface area (Å²) in [7, 11) is 0. The Labute approximate surface area is 323 Å². The second-order valence-electron chi connectivity index (χ2n) is 15.4. The van der Waals surface area contributed by atoms with Crippen molar-refractivity contribution in [3.05, 3.63) is 204 Å². The number of allylic oxidation sites excluding steroid dienone is 6. The molecule has 0 spiro atoms. The predicted octanol–water partition coefficient (Wildman–Crippen LogP) is 13.2. The Morgan fingerprint density at radius 1 is 0.655 bits per heavy atom. The summed E-state index contributed by atoms with van der Waals surface area (Å²) >= 11 is 0. The Balaban J connectivity index is 1.05. The van der Waals surface area contributed by atoms with Gasteiger partial charge in [0.15, 0.2) is 0 Å². The van der Waals surface area contributed by atoms with Gasteiger partial charge in [-0.25, -0.2) is 0 Å². The molecular weight excluding hydrogens is 667 g/mol. The Kier molecular flexibility index (Phi) is 7.48. The molecule has 3 atom stereocenters. The highest BCUT2D eigenvalue weighted by Crippen LogP contribution is 2.55. The van der Waals surface area contributed by atoms with Crippen molar-refractivity contribution in [2.45, 2.75) is 38.1 Å². The number of hydrogen-bond acceptors (Lipinski definition) is 3. The minimum atomic E-state index is 0.205. The van der Waals surface area contributed by atoms with Crippen LogP contribution in [0.4, 0.5) is 17.1 Å². The Bertz CT molecular complexity index is 2710. The Morgan fingerprint density at radius 2 is 1.42 bits per heavy atom. The summed E-state index contributed by atoms with van der Waals surface area (Å²) in [5, 5.41) is 2.48. The molecule has 0 radical (unpaired) electrons. The van der Waals surface area contributed by atoms with Crippen LogP contribution in [0.3, 0.4) is 0 Å². The fourth-order valence-corrected chi connectivity index (χ4v) is 9.75. The molecule has 0 bridgehead atoms. The molecule has 5 aromatic carbocycles. The van der Waals surface area contributed by atoms with Crippen LogP contribution in [0.15, 0.2) is 187 Å². The largest absolute Gasteiger partial charge is 0.333 e. The molecule has 3 aliphatic carbocycles. The summed E-state index contributed by atoms with van der Waals surface area (Å²) in [5.41, 5.74) is 17.9. The maximum atomic E-state index is 4.70. The molecule has 5 aliphatic rings. The van der Waals surface area contributed by atoms with Gasteiger partial charge < -0.3 is 9.80 Å². The lowest BCUT2D eigenvalue weighted by molar-refractivity contribution is 0.676. The molecule has 0 saturated carbocycles. The van der Waals surface area contributed by atoms with E-state index >= 15 is 0 Å². The molecule has 2 aliphatic heterocycles. The number of anilines is 3. The lowest BCUT2D eigenvalue weighted by Gasteiger charge is -2.35. The number of benzene rings is 5. The molecule has 0 saturated heterocycles. The average molecular weight is 708 g/mol. The van der Waals surface area contributed by atoms with Crippen LogP contribution < -0.4 is 9.80 Å². The fourth-order valence-electron chi connectivity index (χ4n) is 9.75. The van der Waals surface area contributed by atoms with Gasteiger partial charge in [0, 0.05) is 34.8 Å². The van der Waals surface area contributed by atoms with Crippen molar-refractivity contribution in [3.63, 3.8) is 0 Å². The van der Waals surface area contributed by atoms with Crippen molar-refractivity contribution in [1.82, 2.24) is 4.98 Å². The first-order valence-electron chi connectivity index (χ1n) is 19.7. The van der Waals surface area contributed by atoms with Crippen molar-refractivity contribution >= 4 is 39.6 Å². The lowest BCUT2D eigenvalue weighted by atomic mass is 9.82. The smallest absolute Gasteiger partial charge is 0.0667 e. The minimum Gasteiger partial charge on any atom is -0.333 e. The van der Waals surface area contributed by atoms with E-state index in [1.165, 1.54) is 83.8 Å². The van der Waals surface area contributed by atoms with E-state index in [9.17, 15) is 0 Å². The van der Waals surface area contributed by atoms with Crippen molar-refractivity contribution in [3.8, 4) is 22.3 Å². The summed E-state index contributed by atoms with van der Waals surface area (Å²) in [6.07, 6.45) is 23.6. The molecule has 0 N–H and O–H groups in total. The summed E-state index contributed by atoms with van der Waals surface area (Å²) in [5.74, 6) is 0.705. The van der Waals surface area contributed by atoms with Crippen LogP contribution in [0.25, 0.3) is 44.8 Å². The van der Waals surface area contributed by atoms with E-state index in [-0.39, 0.29) is 12.0 Å². The molecule has 6 aromatic rings. The molecule has 3 heterocycles. The first kappa shape index (κ1) is 32.0. The Morgan fingerprint density at radius 3 is 2.33 bits per heavy atom. The first-order chi connectivity index (χ1) is 27.2. The monoisotopic (exact) mass is 707 g/mol. The van der Waals surface area contributed by atoms with Crippen LogP contribution >= 0.6 is 0 Å². The standard InChI is InChI=1S/C52H41N3/c1-34-12-11-18-46-50(34)42(30-31-53-46)39-23-22-38-33-41(29-26-37(38)32-39)54-47-19-8-5-15-43(47)51-44-16-6-9-20-48(44)55(52(51)45-17-7-10-21-49(45)54)40-27-24-36(25-28-40)35-13-3-2-4-14-35/h2-4,6-11,13-14,16-34,44,48H,5,12,15H2,1H3. The second-order valence-corrected chi connectivity index (χ2v) is 15.4. The van der Waals surface area contributed by atoms with E-state index in [0.717, 1.165) is 25.0 Å². The molecule has 11 rings (SSSR count). The molecule has 3 heteroatoms. The topological polar surface area (TPSA) is 19.4 Å². The maximum Gasteiger partial charge on any atom is 0.0667 e. The quantitative estimate of drug-likeness (QED) is 0.182. The van der Waals surface area contributed by atoms with Gasteiger partial charge in [0.25, 0.3) is 0 Å². The fraction of sp³-hybridized carbons (Fsp3) is 0.135. The van der Waals surface area contributed by atoms with Gasteiger partial charge in [-0.05, 0) is 130 Å². The van der Waals surface area contributed by atoms with Gasteiger partial charge in [0.2, 0.25) is 0 Å². The molecule has 264 valence electrons. The van der Waals surface area contributed by atoms with E-state index < -0.39 is 0 Å². The molecule has 3 nitrogen and oxygen atoms in total. The summed E-state index contributed by atoms with van der Waals surface area (Å²) in [6.45, 7) is 2.31. The Hall–Kier alpha value is -6.45. The number of hydrogen-bond donors (Lipinski definition) is 0. The van der Waals surface area contributed by atoms with Gasteiger partial charge in [0.1, 0.15) is 0 Å². The summed E-state index contributed by atoms with van der Waals surface area (Å²) in [4.78, 5) is 9.86. The van der Waals surface area contributed by atoms with Gasteiger partial charge in [-0.15, -0.1) is 0 Å². The van der Waals surface area contributed by atoms with Crippen molar-refractivity contribution in [2.75, 3.05) is 9.80 Å². The predicted molar refractivity (Wildman–Crippen MR) is 230 cm³/mol. The van der Waals surface area contributed by atoms with Crippen LogP contribution in [-0.2, 0) is 0 Å². The zero-order valence-electron chi connectivity index (χ0n) is 30.9. The molecular formula is C52H41N3. The van der Waals surface area contributed by atoms with Gasteiger partial charge in [-0.2, -0.15) is 0 Å². The van der Waals surface area contributed by atoms with Gasteiger partial charge in [0.05, 0.1) is 23.1 Å². The van der Waals surface area contributed by atoms with Crippen LogP contribution in [-0.4, -0.2) is 11.0 Å². The summed E-state index contributed by atoms with van der Waals surface area (Å²) in [6, 6.07) is 45.4. The molecule has 55 heavy (non-hydrogen) atoms. The van der Waals surface area contributed by atoms with Crippen molar-refractivity contribution < 1.29 is 0 Å². The number of para-hydroxylation sites is 1. The van der Waals surface area contributed by atoms with Crippen molar-refractivity contribution in [2.24, 2.45) is 5.92 Å². The van der Waals surface area contributed by atoms with Gasteiger partial charge >= 0.3 is 0 Å². The minimum absolute atomic E-state index is 0.205. The zero-order valence-corrected chi connectivity index (χ0v) is 30.9. The third kappa shape index (κ3) is 5.14. The normalized spacial score (nSPS) is 20.6. The summed E-state index contributed by atoms with van der Waals surface area (Å²) < 4.78 is 0. The SMILES string of the molecule is CC1CC=Cc2nccc(-c3ccc4cc(N5C6=C(CCC=C6)C6=C(c7ccccc75)N(c5ccc(-c7ccccc7)cc5)C5C=CC=CC65)ccc4c3)c21. The van der Waals surface area contributed by atoms with E-state index in [1.807, 2.05) is 6.20 Å². The van der Waals surface area contributed by atoms with E-state index in [1.54, 1.807) is 0 Å². The lowest BCUT2D eigenvalue weighted by Crippen LogP contribution is -2.33. The zero-order chi connectivity index (χ0) is 36.5. The molecule has 0 fully saturated rings. The van der Waals surface area contributed by atoms with Crippen LogP contribution in [0.1, 0.15) is 48.9 Å². The third-order valence-corrected chi connectivity index (χ3v) is 12.3. The van der Waals surface area contributed by atoms with Crippen LogP contribution in [0.2, 0.25) is 0 Å². The number of rotatable bonds is 4. The van der Waals surface area contributed by atoms with E-state index in [2.05, 4.69) is 187 Å². The molecule has 1 aromatic heterocycles. The first-order valence-corrected chi connectivity index (χ1v) is 19.7. The molecule has 0 amide bonds. The second kappa shape index (κ2) is 12.8. The van der Waals surface area contributed by atoms with E-state index in [0.29, 0.717) is 5.92 Å². The number of pyridine rings is 1. The van der Waals surface area contributed by atoms with Crippen LogP contribution in [0.5, 0.6) is 0 Å². The number of nitrogens with zero attached hydrogens (tertiary/aromatic N) is 3. The molecule has 3 unspecified atom stereocenters. The number of aromatic nitrogens is 1. The van der Waals surface area contributed by atoms with Gasteiger partial charge in [-0.3, -0.25) is 4.98 Å². The highest BCUT2D eigenvalue weighted by molar-refractivity contribution is 5.99. The maximum absolute atomic E-state index is 4.70. The number of fused-ring (bicyclic) bond motifs is 7. The highest BCUT2D eigenvalue weighted by atomic mass is 15.2. The average Bonchev–Trinajstić information content (AvgIpc) is 3.53. The highest BCUT2D eigenvalue weighted by Gasteiger charge is 2.45. The van der Waals surface area contributed by atoms with Crippen molar-refractivity contribution in [1.29, 1.82) is 0 Å².